The van der Waals surface area contributed by atoms with Gasteiger partial charge in [-0.1, -0.05) is 41.4 Å². The summed E-state index contributed by atoms with van der Waals surface area (Å²) in [4.78, 5) is 29.7. The summed E-state index contributed by atoms with van der Waals surface area (Å²) < 4.78 is 1.86. The predicted molar refractivity (Wildman–Crippen MR) is 117 cm³/mol. The van der Waals surface area contributed by atoms with Crippen molar-refractivity contribution in [2.75, 3.05) is 5.32 Å². The van der Waals surface area contributed by atoms with Gasteiger partial charge in [-0.25, -0.2) is 9.67 Å². The van der Waals surface area contributed by atoms with Crippen molar-refractivity contribution in [2.45, 2.75) is 20.4 Å². The molecule has 0 fully saturated rings. The maximum atomic E-state index is 12.9. The molecule has 2 aromatic carbocycles. The fraction of sp³-hybridized carbons (Fsp3) is 0.143. The van der Waals surface area contributed by atoms with Gasteiger partial charge in [-0.15, -0.1) is 11.3 Å². The van der Waals surface area contributed by atoms with Crippen molar-refractivity contribution in [3.05, 3.63) is 74.5 Å². The second-order valence-electron chi connectivity index (χ2n) is 6.64. The Balaban J connectivity index is 1.73. The van der Waals surface area contributed by atoms with Crippen molar-refractivity contribution in [2.24, 2.45) is 0 Å². The van der Waals surface area contributed by atoms with Gasteiger partial charge in [0.05, 0.1) is 9.71 Å². The van der Waals surface area contributed by atoms with E-state index < -0.39 is 0 Å². The van der Waals surface area contributed by atoms with Crippen LogP contribution in [0.2, 0.25) is 5.02 Å². The Morgan fingerprint density at radius 2 is 1.79 bits per heavy atom. The standard InChI is InChI=1S/C21H17ClN4O2S/c1-12-3-9-16(10-4-12)24-17(27)11-26-21(28)19-20(29-13(2)23-19)18(25-26)14-5-7-15(22)8-6-14/h3-10H,11H2,1-2H3,(H,24,27). The molecule has 1 amide bonds. The lowest BCUT2D eigenvalue weighted by molar-refractivity contribution is -0.117. The summed E-state index contributed by atoms with van der Waals surface area (Å²) >= 11 is 7.40. The van der Waals surface area contributed by atoms with Crippen LogP contribution in [0.3, 0.4) is 0 Å². The minimum absolute atomic E-state index is 0.209. The van der Waals surface area contributed by atoms with Crippen LogP contribution in [-0.4, -0.2) is 20.7 Å². The number of anilines is 1. The number of halogens is 1. The zero-order valence-electron chi connectivity index (χ0n) is 15.8. The quantitative estimate of drug-likeness (QED) is 0.525. The molecule has 2 aromatic heterocycles. The Labute approximate surface area is 175 Å². The molecule has 0 aliphatic heterocycles. The molecule has 0 saturated carbocycles. The Bertz CT molecular complexity index is 1260. The summed E-state index contributed by atoms with van der Waals surface area (Å²) in [7, 11) is 0. The van der Waals surface area contributed by atoms with Gasteiger partial charge in [0.25, 0.3) is 5.56 Å². The molecule has 6 nitrogen and oxygen atoms in total. The smallest absolute Gasteiger partial charge is 0.294 e. The summed E-state index contributed by atoms with van der Waals surface area (Å²) in [5.74, 6) is -0.336. The monoisotopic (exact) mass is 424 g/mol. The topological polar surface area (TPSA) is 76.9 Å². The number of hydrogen-bond donors (Lipinski definition) is 1. The van der Waals surface area contributed by atoms with Gasteiger partial charge in [-0.3, -0.25) is 9.59 Å². The summed E-state index contributed by atoms with van der Waals surface area (Å²) in [5, 5.41) is 8.64. The number of aromatic nitrogens is 3. The van der Waals surface area contributed by atoms with Crippen LogP contribution in [0.1, 0.15) is 10.6 Å². The van der Waals surface area contributed by atoms with Gasteiger partial charge in [0.1, 0.15) is 12.2 Å². The maximum absolute atomic E-state index is 12.9. The molecule has 4 aromatic rings. The maximum Gasteiger partial charge on any atom is 0.294 e. The highest BCUT2D eigenvalue weighted by Gasteiger charge is 2.18. The molecule has 4 rings (SSSR count). The number of benzene rings is 2. The van der Waals surface area contributed by atoms with E-state index >= 15 is 0 Å². The van der Waals surface area contributed by atoms with Crippen molar-refractivity contribution in [3.8, 4) is 11.3 Å². The molecule has 0 spiro atoms. The second-order valence-corrected chi connectivity index (χ2v) is 8.28. The first-order chi connectivity index (χ1) is 13.9. The fourth-order valence-electron chi connectivity index (χ4n) is 2.94. The van der Waals surface area contributed by atoms with Gasteiger partial charge in [0.2, 0.25) is 5.91 Å². The Morgan fingerprint density at radius 1 is 1.10 bits per heavy atom. The minimum atomic E-state index is -0.388. The molecule has 0 aliphatic carbocycles. The zero-order valence-corrected chi connectivity index (χ0v) is 17.3. The highest BCUT2D eigenvalue weighted by Crippen LogP contribution is 2.30. The first kappa shape index (κ1) is 19.3. The van der Waals surface area contributed by atoms with Crippen molar-refractivity contribution >= 4 is 44.7 Å². The van der Waals surface area contributed by atoms with E-state index in [9.17, 15) is 9.59 Å². The average molecular weight is 425 g/mol. The molecular formula is C21H17ClN4O2S. The number of hydrogen-bond acceptors (Lipinski definition) is 5. The van der Waals surface area contributed by atoms with E-state index in [1.165, 1.54) is 11.3 Å². The fourth-order valence-corrected chi connectivity index (χ4v) is 3.99. The van der Waals surface area contributed by atoms with Gasteiger partial charge < -0.3 is 5.32 Å². The number of carbonyl (C=O) groups excluding carboxylic acids is 1. The molecule has 29 heavy (non-hydrogen) atoms. The zero-order chi connectivity index (χ0) is 20.5. The Kier molecular flexibility index (Phi) is 5.17. The summed E-state index contributed by atoms with van der Waals surface area (Å²) in [6.07, 6.45) is 0. The third kappa shape index (κ3) is 4.06. The largest absolute Gasteiger partial charge is 0.324 e. The first-order valence-corrected chi connectivity index (χ1v) is 10.1. The van der Waals surface area contributed by atoms with Crippen molar-refractivity contribution in [1.82, 2.24) is 14.8 Å². The Hall–Kier alpha value is -3.03. The number of fused-ring (bicyclic) bond motifs is 1. The van der Waals surface area contributed by atoms with E-state index in [4.69, 9.17) is 11.6 Å². The number of aryl methyl sites for hydroxylation is 2. The number of thiazole rings is 1. The van der Waals surface area contributed by atoms with E-state index in [0.29, 0.717) is 26.6 Å². The van der Waals surface area contributed by atoms with Gasteiger partial charge >= 0.3 is 0 Å². The summed E-state index contributed by atoms with van der Waals surface area (Å²) in [6.45, 7) is 3.60. The van der Waals surface area contributed by atoms with Crippen molar-refractivity contribution in [1.29, 1.82) is 0 Å². The van der Waals surface area contributed by atoms with E-state index in [1.54, 1.807) is 12.1 Å². The second kappa shape index (κ2) is 7.77. The average Bonchev–Trinajstić information content (AvgIpc) is 3.09. The predicted octanol–water partition coefficient (Wildman–Crippen LogP) is 4.43. The molecule has 8 heteroatoms. The molecule has 0 bridgehead atoms. The van der Waals surface area contributed by atoms with Crippen molar-refractivity contribution in [3.63, 3.8) is 0 Å². The van der Waals surface area contributed by atoms with Crippen LogP contribution >= 0.6 is 22.9 Å². The third-order valence-corrected chi connectivity index (χ3v) is 5.58. The highest BCUT2D eigenvalue weighted by molar-refractivity contribution is 7.19. The number of nitrogens with zero attached hydrogens (tertiary/aromatic N) is 3. The lowest BCUT2D eigenvalue weighted by atomic mass is 10.1. The molecule has 0 unspecified atom stereocenters. The van der Waals surface area contributed by atoms with E-state index in [-0.39, 0.29) is 18.0 Å². The number of rotatable bonds is 4. The molecule has 0 saturated heterocycles. The molecule has 1 N–H and O–H groups in total. The van der Waals surface area contributed by atoms with Crippen LogP contribution in [0, 0.1) is 13.8 Å². The van der Waals surface area contributed by atoms with Gasteiger partial charge in [-0.2, -0.15) is 5.10 Å². The van der Waals surface area contributed by atoms with E-state index in [2.05, 4.69) is 15.4 Å². The van der Waals surface area contributed by atoms with Crippen LogP contribution in [0.5, 0.6) is 0 Å². The van der Waals surface area contributed by atoms with Gasteiger partial charge in [0, 0.05) is 16.3 Å². The molecule has 0 aliphatic rings. The lowest BCUT2D eigenvalue weighted by Gasteiger charge is -2.09. The lowest BCUT2D eigenvalue weighted by Crippen LogP contribution is -2.30. The van der Waals surface area contributed by atoms with E-state index in [1.807, 2.05) is 50.2 Å². The number of carbonyl (C=O) groups is 1. The van der Waals surface area contributed by atoms with Gasteiger partial charge in [-0.05, 0) is 38.1 Å². The van der Waals surface area contributed by atoms with Crippen LogP contribution in [0.25, 0.3) is 21.5 Å². The summed E-state index contributed by atoms with van der Waals surface area (Å²) in [6, 6.07) is 14.6. The molecular weight excluding hydrogens is 408 g/mol. The van der Waals surface area contributed by atoms with Crippen LogP contribution < -0.4 is 10.9 Å². The number of nitrogens with one attached hydrogen (secondary N) is 1. The van der Waals surface area contributed by atoms with Crippen LogP contribution in [0.15, 0.2) is 53.3 Å². The number of amides is 1. The highest BCUT2D eigenvalue weighted by atomic mass is 35.5. The minimum Gasteiger partial charge on any atom is -0.324 e. The molecule has 2 heterocycles. The normalized spacial score (nSPS) is 11.0. The summed E-state index contributed by atoms with van der Waals surface area (Å²) in [5.41, 5.74) is 3.09. The Morgan fingerprint density at radius 3 is 2.48 bits per heavy atom. The van der Waals surface area contributed by atoms with Crippen LogP contribution in [-0.2, 0) is 11.3 Å². The SMILES string of the molecule is Cc1ccc(NC(=O)Cn2nc(-c3ccc(Cl)cc3)c3sc(C)nc3c2=O)cc1. The van der Waals surface area contributed by atoms with Crippen molar-refractivity contribution < 1.29 is 4.79 Å². The third-order valence-electron chi connectivity index (χ3n) is 4.35. The molecule has 146 valence electrons. The first-order valence-electron chi connectivity index (χ1n) is 8.91. The van der Waals surface area contributed by atoms with E-state index in [0.717, 1.165) is 20.8 Å². The molecule has 0 radical (unpaired) electrons. The molecule has 0 atom stereocenters. The van der Waals surface area contributed by atoms with Crippen LogP contribution in [0.4, 0.5) is 5.69 Å². The van der Waals surface area contributed by atoms with Gasteiger partial charge in [0.15, 0.2) is 5.52 Å².